The highest BCUT2D eigenvalue weighted by Gasteiger charge is 2.39. The van der Waals surface area contributed by atoms with Gasteiger partial charge in [-0.25, -0.2) is 0 Å². The molecule has 1 aromatic rings. The van der Waals surface area contributed by atoms with Gasteiger partial charge in [-0.3, -0.25) is 9.59 Å². The van der Waals surface area contributed by atoms with Gasteiger partial charge in [-0.2, -0.15) is 0 Å². The van der Waals surface area contributed by atoms with Crippen LogP contribution in [0.2, 0.25) is 0 Å². The largest absolute Gasteiger partial charge is 0.299 e. The summed E-state index contributed by atoms with van der Waals surface area (Å²) in [6.07, 6.45) is 5.11. The molecule has 0 heterocycles. The highest BCUT2D eigenvalue weighted by molar-refractivity contribution is 8.03. The van der Waals surface area contributed by atoms with Crippen LogP contribution in [0.1, 0.15) is 25.7 Å². The molecule has 3 rings (SSSR count). The summed E-state index contributed by atoms with van der Waals surface area (Å²) in [5.74, 6) is 0.0828. The monoisotopic (exact) mass is 272 g/mol. The van der Waals surface area contributed by atoms with E-state index in [0.717, 1.165) is 29.1 Å². The van der Waals surface area contributed by atoms with E-state index in [-0.39, 0.29) is 23.4 Å². The molecule has 3 heteroatoms. The van der Waals surface area contributed by atoms with Crippen molar-refractivity contribution in [3.8, 4) is 0 Å². The van der Waals surface area contributed by atoms with E-state index in [0.29, 0.717) is 6.42 Å². The Hall–Kier alpha value is -1.35. The van der Waals surface area contributed by atoms with Crippen LogP contribution in [-0.2, 0) is 9.59 Å². The fraction of sp³-hybridized carbons (Fsp3) is 0.375. The standard InChI is InChI=1S/C16H16O2S/c17-14-8-4-5-11-9-13(10-15(18)16(11)14)19-12-6-2-1-3-7-12/h1-3,6-7,10-11,16H,4-5,8-9H2. The van der Waals surface area contributed by atoms with E-state index in [2.05, 4.69) is 0 Å². The minimum absolute atomic E-state index is 0.0272. The fourth-order valence-corrected chi connectivity index (χ4v) is 4.08. The van der Waals surface area contributed by atoms with Crippen molar-refractivity contribution in [2.24, 2.45) is 11.8 Å². The summed E-state index contributed by atoms with van der Waals surface area (Å²) >= 11 is 1.65. The van der Waals surface area contributed by atoms with E-state index in [9.17, 15) is 9.59 Å². The van der Waals surface area contributed by atoms with Crippen LogP contribution < -0.4 is 0 Å². The zero-order valence-electron chi connectivity index (χ0n) is 10.7. The van der Waals surface area contributed by atoms with Gasteiger partial charge in [0.05, 0.1) is 5.92 Å². The van der Waals surface area contributed by atoms with Gasteiger partial charge in [-0.15, -0.1) is 0 Å². The molecule has 0 saturated heterocycles. The van der Waals surface area contributed by atoms with Gasteiger partial charge in [0.1, 0.15) is 5.78 Å². The lowest BCUT2D eigenvalue weighted by molar-refractivity contribution is -0.135. The van der Waals surface area contributed by atoms with Gasteiger partial charge in [0, 0.05) is 11.3 Å². The molecule has 0 aromatic heterocycles. The summed E-state index contributed by atoms with van der Waals surface area (Å²) in [5.41, 5.74) is 0. The third kappa shape index (κ3) is 2.66. The van der Waals surface area contributed by atoms with Gasteiger partial charge in [-0.05, 0) is 48.3 Å². The van der Waals surface area contributed by atoms with Gasteiger partial charge in [0.15, 0.2) is 5.78 Å². The topological polar surface area (TPSA) is 34.1 Å². The van der Waals surface area contributed by atoms with E-state index in [1.54, 1.807) is 17.8 Å². The second-order valence-electron chi connectivity index (χ2n) is 5.23. The molecule has 0 bridgehead atoms. The van der Waals surface area contributed by atoms with Crippen LogP contribution in [0, 0.1) is 11.8 Å². The predicted molar refractivity (Wildman–Crippen MR) is 75.8 cm³/mol. The normalized spacial score (nSPS) is 26.8. The molecule has 2 atom stereocenters. The first-order valence-electron chi connectivity index (χ1n) is 6.74. The zero-order chi connectivity index (χ0) is 13.2. The van der Waals surface area contributed by atoms with Gasteiger partial charge in [-0.1, -0.05) is 30.0 Å². The molecule has 2 unspecified atom stereocenters. The number of hydrogen-bond acceptors (Lipinski definition) is 3. The molecule has 98 valence electrons. The highest BCUT2D eigenvalue weighted by atomic mass is 32.2. The molecule has 0 N–H and O–H groups in total. The molecule has 1 saturated carbocycles. The van der Waals surface area contributed by atoms with Gasteiger partial charge < -0.3 is 0 Å². The maximum Gasteiger partial charge on any atom is 0.167 e. The van der Waals surface area contributed by atoms with E-state index in [1.807, 2.05) is 30.3 Å². The van der Waals surface area contributed by atoms with E-state index >= 15 is 0 Å². The van der Waals surface area contributed by atoms with Crippen LogP contribution in [-0.4, -0.2) is 11.6 Å². The van der Waals surface area contributed by atoms with Crippen molar-refractivity contribution in [3.63, 3.8) is 0 Å². The number of thioether (sulfide) groups is 1. The molecule has 0 amide bonds. The van der Waals surface area contributed by atoms with E-state index < -0.39 is 0 Å². The second kappa shape index (κ2) is 5.33. The summed E-state index contributed by atoms with van der Waals surface area (Å²) in [4.78, 5) is 26.2. The number of carbonyl (C=O) groups is 2. The smallest absolute Gasteiger partial charge is 0.167 e. The van der Waals surface area contributed by atoms with Crippen LogP contribution in [0.25, 0.3) is 0 Å². The summed E-state index contributed by atoms with van der Waals surface area (Å²) in [6.45, 7) is 0. The lowest BCUT2D eigenvalue weighted by Gasteiger charge is -2.32. The molecule has 0 aliphatic heterocycles. The van der Waals surface area contributed by atoms with Crippen molar-refractivity contribution < 1.29 is 9.59 Å². The summed E-state index contributed by atoms with van der Waals surface area (Å²) in [7, 11) is 0. The number of Topliss-reactive ketones (excluding diaryl/α,β-unsaturated/α-hetero) is 1. The maximum atomic E-state index is 12.1. The number of carbonyl (C=O) groups excluding carboxylic acids is 2. The molecule has 0 spiro atoms. The second-order valence-corrected chi connectivity index (χ2v) is 6.43. The SMILES string of the molecule is O=C1C=C(Sc2ccccc2)CC2CCCC(=O)C12. The summed E-state index contributed by atoms with van der Waals surface area (Å²) < 4.78 is 0. The molecule has 19 heavy (non-hydrogen) atoms. The Morgan fingerprint density at radius 2 is 1.89 bits per heavy atom. The van der Waals surface area contributed by atoms with Crippen LogP contribution in [0.3, 0.4) is 0 Å². The lowest BCUT2D eigenvalue weighted by Crippen LogP contribution is -2.36. The third-order valence-corrected chi connectivity index (χ3v) is 4.94. The van der Waals surface area contributed by atoms with Crippen LogP contribution in [0.4, 0.5) is 0 Å². The first-order valence-corrected chi connectivity index (χ1v) is 7.56. The molecule has 0 radical (unpaired) electrons. The summed E-state index contributed by atoms with van der Waals surface area (Å²) in [5, 5.41) is 0. The van der Waals surface area contributed by atoms with Crippen molar-refractivity contribution in [2.45, 2.75) is 30.6 Å². The zero-order valence-corrected chi connectivity index (χ0v) is 11.5. The average Bonchev–Trinajstić information content (AvgIpc) is 2.39. The molecule has 2 aliphatic rings. The number of fused-ring (bicyclic) bond motifs is 1. The molecule has 1 aromatic carbocycles. The van der Waals surface area contributed by atoms with E-state index in [1.165, 1.54) is 0 Å². The van der Waals surface area contributed by atoms with Gasteiger partial charge in [0.2, 0.25) is 0 Å². The van der Waals surface area contributed by atoms with Crippen molar-refractivity contribution in [2.75, 3.05) is 0 Å². The van der Waals surface area contributed by atoms with Crippen molar-refractivity contribution in [1.82, 2.24) is 0 Å². The van der Waals surface area contributed by atoms with Crippen molar-refractivity contribution >= 4 is 23.3 Å². The number of benzene rings is 1. The number of rotatable bonds is 2. The Balaban J connectivity index is 1.79. The van der Waals surface area contributed by atoms with Crippen molar-refractivity contribution in [1.29, 1.82) is 0 Å². The highest BCUT2D eigenvalue weighted by Crippen LogP contribution is 2.41. The Labute approximate surface area is 117 Å². The Bertz CT molecular complexity index is 533. The molecule has 2 nitrogen and oxygen atoms in total. The number of hydrogen-bond donors (Lipinski definition) is 0. The van der Waals surface area contributed by atoms with Crippen LogP contribution in [0.5, 0.6) is 0 Å². The minimum atomic E-state index is -0.339. The first kappa shape index (κ1) is 12.7. The third-order valence-electron chi connectivity index (χ3n) is 3.88. The van der Waals surface area contributed by atoms with Crippen molar-refractivity contribution in [3.05, 3.63) is 41.3 Å². The average molecular weight is 272 g/mol. The lowest BCUT2D eigenvalue weighted by atomic mass is 9.72. The Kier molecular flexibility index (Phi) is 3.56. The Morgan fingerprint density at radius 3 is 2.68 bits per heavy atom. The first-order chi connectivity index (χ1) is 9.24. The Morgan fingerprint density at radius 1 is 1.11 bits per heavy atom. The quantitative estimate of drug-likeness (QED) is 0.771. The van der Waals surface area contributed by atoms with Gasteiger partial charge in [0.25, 0.3) is 0 Å². The number of allylic oxidation sites excluding steroid dienone is 2. The summed E-state index contributed by atoms with van der Waals surface area (Å²) in [6, 6.07) is 10.1. The minimum Gasteiger partial charge on any atom is -0.299 e. The fourth-order valence-electron chi connectivity index (χ4n) is 3.01. The molecular formula is C16H16O2S. The van der Waals surface area contributed by atoms with Crippen LogP contribution >= 0.6 is 11.8 Å². The maximum absolute atomic E-state index is 12.1. The predicted octanol–water partition coefficient (Wildman–Crippen LogP) is 3.62. The molecular weight excluding hydrogens is 256 g/mol. The number of ketones is 2. The van der Waals surface area contributed by atoms with Crippen LogP contribution in [0.15, 0.2) is 46.2 Å². The van der Waals surface area contributed by atoms with E-state index in [4.69, 9.17) is 0 Å². The molecule has 2 aliphatic carbocycles. The van der Waals surface area contributed by atoms with Gasteiger partial charge >= 0.3 is 0 Å². The molecule has 1 fully saturated rings.